The fraction of sp³-hybridized carbons (Fsp3) is 0.812. The summed E-state index contributed by atoms with van der Waals surface area (Å²) in [6.45, 7) is 25.3. The quantitative estimate of drug-likeness (QED) is 0.328. The van der Waals surface area contributed by atoms with Crippen molar-refractivity contribution in [1.82, 2.24) is 0 Å². The Kier molecular flexibility index (Phi) is 9.29. The van der Waals surface area contributed by atoms with Crippen LogP contribution in [-0.4, -0.2) is 37.8 Å². The Labute approximate surface area is 223 Å². The van der Waals surface area contributed by atoms with Gasteiger partial charge in [-0.15, -0.1) is 0 Å². The van der Waals surface area contributed by atoms with Crippen molar-refractivity contribution in [3.8, 4) is 0 Å². The van der Waals surface area contributed by atoms with E-state index in [0.29, 0.717) is 36.4 Å². The van der Waals surface area contributed by atoms with Gasteiger partial charge in [0.25, 0.3) is 0 Å². The summed E-state index contributed by atoms with van der Waals surface area (Å²) in [5, 5.41) is 10.3. The molecule has 206 valence electrons. The van der Waals surface area contributed by atoms with Crippen LogP contribution in [0.25, 0.3) is 0 Å². The smallest absolute Gasteiger partial charge is 0.192 e. The Bertz CT molecular complexity index is 840. The molecule has 3 fully saturated rings. The van der Waals surface area contributed by atoms with E-state index >= 15 is 0 Å². The zero-order chi connectivity index (χ0) is 26.9. The Balaban J connectivity index is 1.69. The lowest BCUT2D eigenvalue weighted by atomic mass is 9.62. The molecule has 3 saturated carbocycles. The maximum absolute atomic E-state index is 10.1. The van der Waals surface area contributed by atoms with E-state index in [4.69, 9.17) is 9.16 Å². The Morgan fingerprint density at radius 1 is 1.11 bits per heavy atom. The molecular weight excluding hydrogens is 460 g/mol. The van der Waals surface area contributed by atoms with Crippen molar-refractivity contribution in [3.63, 3.8) is 0 Å². The van der Waals surface area contributed by atoms with Crippen molar-refractivity contribution < 1.29 is 14.3 Å². The first-order valence-corrected chi connectivity index (χ1v) is 17.5. The zero-order valence-electron chi connectivity index (χ0n) is 25.0. The predicted molar refractivity (Wildman–Crippen MR) is 156 cm³/mol. The van der Waals surface area contributed by atoms with Crippen molar-refractivity contribution in [2.45, 2.75) is 142 Å². The highest BCUT2D eigenvalue weighted by Crippen LogP contribution is 2.58. The van der Waals surface area contributed by atoms with Crippen LogP contribution in [0.1, 0.15) is 106 Å². The van der Waals surface area contributed by atoms with Crippen molar-refractivity contribution in [2.75, 3.05) is 6.61 Å². The van der Waals surface area contributed by atoms with E-state index in [0.717, 1.165) is 19.3 Å². The molecule has 3 nitrogen and oxygen atoms in total. The van der Waals surface area contributed by atoms with E-state index in [1.54, 1.807) is 5.57 Å². The molecule has 0 saturated heterocycles. The molecule has 3 rings (SSSR count). The summed E-state index contributed by atoms with van der Waals surface area (Å²) in [6.07, 6.45) is 15.6. The SMILES string of the molecule is C=C1CC[C@H](O[Si](C)(C)C(C)(C)C)C/C1=C\C=C1/CCC[C@@]2(C)C1CC[C@@H]2[C@H](C)OCCC(C)(C)O. The molecule has 1 N–H and O–H groups in total. The second-order valence-corrected chi connectivity index (χ2v) is 19.3. The van der Waals surface area contributed by atoms with E-state index in [1.165, 1.54) is 43.3 Å². The van der Waals surface area contributed by atoms with Crippen LogP contribution in [0.15, 0.2) is 35.5 Å². The third-order valence-corrected chi connectivity index (χ3v) is 14.7. The van der Waals surface area contributed by atoms with Gasteiger partial charge in [-0.05, 0) is 120 Å². The van der Waals surface area contributed by atoms with Gasteiger partial charge in [0.15, 0.2) is 8.32 Å². The van der Waals surface area contributed by atoms with Gasteiger partial charge in [0.1, 0.15) is 0 Å². The topological polar surface area (TPSA) is 38.7 Å². The van der Waals surface area contributed by atoms with Gasteiger partial charge in [0.05, 0.1) is 11.7 Å². The summed E-state index contributed by atoms with van der Waals surface area (Å²) in [7, 11) is -1.76. The third-order valence-electron chi connectivity index (χ3n) is 10.1. The van der Waals surface area contributed by atoms with Crippen molar-refractivity contribution in [1.29, 1.82) is 0 Å². The van der Waals surface area contributed by atoms with Crippen LogP contribution in [0, 0.1) is 17.3 Å². The van der Waals surface area contributed by atoms with Gasteiger partial charge in [0.2, 0.25) is 0 Å². The molecule has 0 aromatic heterocycles. The zero-order valence-corrected chi connectivity index (χ0v) is 26.0. The molecule has 0 radical (unpaired) electrons. The number of ether oxygens (including phenoxy) is 1. The second kappa shape index (κ2) is 11.2. The lowest BCUT2D eigenvalue weighted by Crippen LogP contribution is -2.44. The Morgan fingerprint density at radius 2 is 1.81 bits per heavy atom. The minimum Gasteiger partial charge on any atom is -0.414 e. The standard InChI is InChI=1S/C32H56O3Si/c1-23-13-16-27(35-36(9,10)30(3,4)5)22-26(23)15-14-25-12-11-19-32(8)28(17-18-29(25)32)24(2)34-21-20-31(6,7)33/h14-15,24,27-29,33H,1,11-13,16-22H2,2-10H3/b25-14+,26-15+/t24-,27-,28+,29?,32+/m0/s1. The van der Waals surface area contributed by atoms with Crippen LogP contribution in [0.2, 0.25) is 18.1 Å². The van der Waals surface area contributed by atoms with Crippen LogP contribution < -0.4 is 0 Å². The number of aliphatic hydroxyl groups is 1. The molecule has 4 heteroatoms. The van der Waals surface area contributed by atoms with Gasteiger partial charge < -0.3 is 14.3 Å². The highest BCUT2D eigenvalue weighted by Gasteiger charge is 2.51. The van der Waals surface area contributed by atoms with Crippen LogP contribution >= 0.6 is 0 Å². The summed E-state index contributed by atoms with van der Waals surface area (Å²) < 4.78 is 13.1. The van der Waals surface area contributed by atoms with Gasteiger partial charge >= 0.3 is 0 Å². The summed E-state index contributed by atoms with van der Waals surface area (Å²) in [4.78, 5) is 0. The molecule has 0 amide bonds. The highest BCUT2D eigenvalue weighted by molar-refractivity contribution is 6.74. The fourth-order valence-corrected chi connectivity index (χ4v) is 8.12. The molecule has 0 aromatic rings. The van der Waals surface area contributed by atoms with E-state index in [2.05, 4.69) is 66.4 Å². The second-order valence-electron chi connectivity index (χ2n) is 14.5. The normalized spacial score (nSPS) is 33.3. The summed E-state index contributed by atoms with van der Waals surface area (Å²) in [5.74, 6) is 1.25. The minimum absolute atomic E-state index is 0.242. The average molecular weight is 517 g/mol. The first kappa shape index (κ1) is 29.9. The molecule has 3 aliphatic carbocycles. The van der Waals surface area contributed by atoms with Gasteiger partial charge in [-0.2, -0.15) is 0 Å². The van der Waals surface area contributed by atoms with E-state index in [-0.39, 0.29) is 11.1 Å². The molecular formula is C32H56O3Si. The molecule has 0 heterocycles. The number of rotatable bonds is 8. The van der Waals surface area contributed by atoms with Crippen molar-refractivity contribution in [3.05, 3.63) is 35.5 Å². The van der Waals surface area contributed by atoms with Gasteiger partial charge in [-0.3, -0.25) is 0 Å². The van der Waals surface area contributed by atoms with Gasteiger partial charge in [-0.25, -0.2) is 0 Å². The molecule has 0 aliphatic heterocycles. The lowest BCUT2D eigenvalue weighted by molar-refractivity contribution is -0.0454. The maximum Gasteiger partial charge on any atom is 0.192 e. The third kappa shape index (κ3) is 7.04. The summed E-state index contributed by atoms with van der Waals surface area (Å²) in [6, 6.07) is 0. The number of hydrogen-bond acceptors (Lipinski definition) is 3. The lowest BCUT2D eigenvalue weighted by Gasteiger charge is -2.44. The Morgan fingerprint density at radius 3 is 2.44 bits per heavy atom. The largest absolute Gasteiger partial charge is 0.414 e. The van der Waals surface area contributed by atoms with Crippen LogP contribution in [0.4, 0.5) is 0 Å². The highest BCUT2D eigenvalue weighted by atomic mass is 28.4. The van der Waals surface area contributed by atoms with Crippen LogP contribution in [-0.2, 0) is 9.16 Å². The Hall–Kier alpha value is -0.683. The van der Waals surface area contributed by atoms with Gasteiger partial charge in [-0.1, -0.05) is 57.6 Å². The first-order valence-electron chi connectivity index (χ1n) is 14.6. The van der Waals surface area contributed by atoms with Crippen molar-refractivity contribution in [2.24, 2.45) is 17.3 Å². The van der Waals surface area contributed by atoms with Gasteiger partial charge in [0, 0.05) is 12.7 Å². The number of fused-ring (bicyclic) bond motifs is 1. The van der Waals surface area contributed by atoms with E-state index < -0.39 is 13.9 Å². The average Bonchev–Trinajstić information content (AvgIpc) is 3.09. The molecule has 0 bridgehead atoms. The summed E-state index contributed by atoms with van der Waals surface area (Å²) in [5.41, 5.74) is 4.01. The minimum atomic E-state index is -1.76. The van der Waals surface area contributed by atoms with Crippen LogP contribution in [0.3, 0.4) is 0 Å². The first-order chi connectivity index (χ1) is 16.5. The molecule has 1 unspecified atom stereocenters. The van der Waals surface area contributed by atoms with E-state index in [1.807, 2.05) is 13.8 Å². The van der Waals surface area contributed by atoms with E-state index in [9.17, 15) is 5.11 Å². The number of allylic oxidation sites excluding steroid dienone is 4. The fourth-order valence-electron chi connectivity index (χ4n) is 6.74. The summed E-state index contributed by atoms with van der Waals surface area (Å²) >= 11 is 0. The van der Waals surface area contributed by atoms with Crippen molar-refractivity contribution >= 4 is 8.32 Å². The molecule has 3 aliphatic rings. The van der Waals surface area contributed by atoms with Crippen LogP contribution in [0.5, 0.6) is 0 Å². The predicted octanol–water partition coefficient (Wildman–Crippen LogP) is 8.75. The number of hydrogen-bond donors (Lipinski definition) is 1. The maximum atomic E-state index is 10.1. The molecule has 0 aromatic carbocycles. The molecule has 36 heavy (non-hydrogen) atoms. The monoisotopic (exact) mass is 516 g/mol. The molecule has 5 atom stereocenters. The molecule has 0 spiro atoms.